The van der Waals surface area contributed by atoms with Crippen LogP contribution in [0, 0.1) is 6.92 Å². The van der Waals surface area contributed by atoms with Gasteiger partial charge in [-0.15, -0.1) is 0 Å². The van der Waals surface area contributed by atoms with Crippen molar-refractivity contribution in [3.05, 3.63) is 35.7 Å². The molecule has 2 fully saturated rings. The molecule has 0 spiro atoms. The molecule has 1 aliphatic heterocycles. The molecule has 0 radical (unpaired) electrons. The van der Waals surface area contributed by atoms with Gasteiger partial charge < -0.3 is 4.52 Å². The summed E-state index contributed by atoms with van der Waals surface area (Å²) in [7, 11) is 0. The third-order valence-electron chi connectivity index (χ3n) is 4.35. The number of likely N-dealkylation sites (tertiary alicyclic amines) is 1. The second-order valence-corrected chi connectivity index (χ2v) is 5.95. The quantitative estimate of drug-likeness (QED) is 0.857. The van der Waals surface area contributed by atoms with Gasteiger partial charge in [0, 0.05) is 11.6 Å². The third kappa shape index (κ3) is 2.14. The highest BCUT2D eigenvalue weighted by Crippen LogP contribution is 2.40. The Morgan fingerprint density at radius 1 is 1.15 bits per heavy atom. The van der Waals surface area contributed by atoms with Gasteiger partial charge in [0.1, 0.15) is 0 Å². The first kappa shape index (κ1) is 12.1. The van der Waals surface area contributed by atoms with Crippen LogP contribution >= 0.6 is 0 Å². The van der Waals surface area contributed by atoms with Crippen LogP contribution in [0.5, 0.6) is 0 Å². The van der Waals surface area contributed by atoms with Gasteiger partial charge in [-0.2, -0.15) is 4.98 Å². The third-order valence-corrected chi connectivity index (χ3v) is 4.35. The molecule has 1 atom stereocenters. The van der Waals surface area contributed by atoms with Crippen LogP contribution in [0.2, 0.25) is 0 Å². The predicted octanol–water partition coefficient (Wildman–Crippen LogP) is 3.34. The average molecular weight is 269 g/mol. The molecule has 1 aliphatic carbocycles. The molecular formula is C16H19N3O. The second-order valence-electron chi connectivity index (χ2n) is 5.95. The summed E-state index contributed by atoms with van der Waals surface area (Å²) in [5.74, 6) is 1.51. The summed E-state index contributed by atoms with van der Waals surface area (Å²) in [6.07, 6.45) is 5.04. The maximum Gasteiger partial charge on any atom is 0.244 e. The molecule has 104 valence electrons. The normalized spacial score (nSPS) is 23.4. The van der Waals surface area contributed by atoms with E-state index in [0.717, 1.165) is 23.9 Å². The van der Waals surface area contributed by atoms with Crippen molar-refractivity contribution in [2.45, 2.75) is 44.7 Å². The van der Waals surface area contributed by atoms with E-state index >= 15 is 0 Å². The monoisotopic (exact) mass is 269 g/mol. The highest BCUT2D eigenvalue weighted by molar-refractivity contribution is 5.54. The maximum atomic E-state index is 5.54. The fraction of sp³-hybridized carbons (Fsp3) is 0.500. The van der Waals surface area contributed by atoms with Crippen molar-refractivity contribution < 1.29 is 4.52 Å². The van der Waals surface area contributed by atoms with E-state index in [4.69, 9.17) is 4.52 Å². The number of aromatic nitrogens is 2. The lowest BCUT2D eigenvalue weighted by molar-refractivity contribution is 0.200. The van der Waals surface area contributed by atoms with Crippen molar-refractivity contribution in [3.63, 3.8) is 0 Å². The zero-order valence-corrected chi connectivity index (χ0v) is 11.7. The lowest BCUT2D eigenvalue weighted by Gasteiger charge is -2.20. The van der Waals surface area contributed by atoms with E-state index in [-0.39, 0.29) is 0 Å². The maximum absolute atomic E-state index is 5.54. The summed E-state index contributed by atoms with van der Waals surface area (Å²) in [5.41, 5.74) is 2.27. The van der Waals surface area contributed by atoms with E-state index in [1.807, 2.05) is 0 Å². The van der Waals surface area contributed by atoms with Crippen LogP contribution in [-0.4, -0.2) is 27.6 Å². The molecule has 2 aromatic rings. The number of aryl methyl sites for hydroxylation is 1. The second kappa shape index (κ2) is 4.70. The molecule has 1 saturated heterocycles. The van der Waals surface area contributed by atoms with E-state index in [9.17, 15) is 0 Å². The van der Waals surface area contributed by atoms with Gasteiger partial charge >= 0.3 is 0 Å². The van der Waals surface area contributed by atoms with Crippen LogP contribution in [-0.2, 0) is 0 Å². The van der Waals surface area contributed by atoms with Gasteiger partial charge in [-0.25, -0.2) is 0 Å². The minimum absolute atomic E-state index is 0.342. The lowest BCUT2D eigenvalue weighted by Crippen LogP contribution is -2.25. The molecule has 1 unspecified atom stereocenters. The first-order chi connectivity index (χ1) is 9.81. The van der Waals surface area contributed by atoms with E-state index in [0.29, 0.717) is 11.9 Å². The minimum atomic E-state index is 0.342. The Hall–Kier alpha value is -1.68. The zero-order chi connectivity index (χ0) is 13.5. The minimum Gasteiger partial charge on any atom is -0.337 e. The Bertz CT molecular complexity index is 600. The largest absolute Gasteiger partial charge is 0.337 e. The molecule has 20 heavy (non-hydrogen) atoms. The molecule has 4 heteroatoms. The average Bonchev–Trinajstić information content (AvgIpc) is 3.01. The standard InChI is InChI=1S/C16H19N3O/c1-11-4-6-12(7-5-11)15-17-16(20-18-15)14-3-2-10-19(14)13-8-9-13/h4-7,13-14H,2-3,8-10H2,1H3. The molecule has 0 bridgehead atoms. The van der Waals surface area contributed by atoms with E-state index in [1.54, 1.807) is 0 Å². The van der Waals surface area contributed by atoms with Crippen LogP contribution in [0.4, 0.5) is 0 Å². The fourth-order valence-electron chi connectivity index (χ4n) is 3.09. The SMILES string of the molecule is Cc1ccc(-c2noc(C3CCCN3C3CC3)n2)cc1. The molecule has 1 aromatic heterocycles. The summed E-state index contributed by atoms with van der Waals surface area (Å²) in [5, 5.41) is 4.16. The molecule has 2 heterocycles. The van der Waals surface area contributed by atoms with Crippen LogP contribution in [0.3, 0.4) is 0 Å². The van der Waals surface area contributed by atoms with Crippen molar-refractivity contribution in [1.29, 1.82) is 0 Å². The Labute approximate surface area is 118 Å². The van der Waals surface area contributed by atoms with Crippen molar-refractivity contribution >= 4 is 0 Å². The summed E-state index contributed by atoms with van der Waals surface area (Å²) < 4.78 is 5.54. The highest BCUT2D eigenvalue weighted by Gasteiger charge is 2.39. The molecular weight excluding hydrogens is 250 g/mol. The van der Waals surface area contributed by atoms with E-state index in [2.05, 4.69) is 46.2 Å². The predicted molar refractivity (Wildman–Crippen MR) is 76.2 cm³/mol. The first-order valence-corrected chi connectivity index (χ1v) is 7.47. The summed E-state index contributed by atoms with van der Waals surface area (Å²) >= 11 is 0. The molecule has 1 aromatic carbocycles. The molecule has 2 aliphatic rings. The number of hydrogen-bond donors (Lipinski definition) is 0. The highest BCUT2D eigenvalue weighted by atomic mass is 16.5. The van der Waals surface area contributed by atoms with Crippen LogP contribution in [0.1, 0.15) is 43.2 Å². The van der Waals surface area contributed by atoms with Crippen molar-refractivity contribution in [2.24, 2.45) is 0 Å². The number of hydrogen-bond acceptors (Lipinski definition) is 4. The smallest absolute Gasteiger partial charge is 0.244 e. The Kier molecular flexibility index (Phi) is 2.84. The molecule has 0 amide bonds. The zero-order valence-electron chi connectivity index (χ0n) is 11.7. The number of rotatable bonds is 3. The van der Waals surface area contributed by atoms with Gasteiger partial charge in [0.05, 0.1) is 6.04 Å². The summed E-state index contributed by atoms with van der Waals surface area (Å²) in [6.45, 7) is 3.26. The Morgan fingerprint density at radius 2 is 1.95 bits per heavy atom. The van der Waals surface area contributed by atoms with Crippen LogP contribution < -0.4 is 0 Å². The van der Waals surface area contributed by atoms with Gasteiger partial charge in [-0.1, -0.05) is 35.0 Å². The fourth-order valence-corrected chi connectivity index (χ4v) is 3.09. The Balaban J connectivity index is 1.59. The van der Waals surface area contributed by atoms with Crippen molar-refractivity contribution in [3.8, 4) is 11.4 Å². The van der Waals surface area contributed by atoms with Gasteiger partial charge in [0.2, 0.25) is 11.7 Å². The Morgan fingerprint density at radius 3 is 2.70 bits per heavy atom. The molecule has 4 nitrogen and oxygen atoms in total. The first-order valence-electron chi connectivity index (χ1n) is 7.47. The number of nitrogens with zero attached hydrogens (tertiary/aromatic N) is 3. The van der Waals surface area contributed by atoms with Crippen LogP contribution in [0.25, 0.3) is 11.4 Å². The lowest BCUT2D eigenvalue weighted by atomic mass is 10.1. The van der Waals surface area contributed by atoms with E-state index < -0.39 is 0 Å². The molecule has 4 rings (SSSR count). The van der Waals surface area contributed by atoms with Gasteiger partial charge in [0.25, 0.3) is 0 Å². The van der Waals surface area contributed by atoms with Crippen molar-refractivity contribution in [1.82, 2.24) is 15.0 Å². The van der Waals surface area contributed by atoms with Crippen LogP contribution in [0.15, 0.2) is 28.8 Å². The molecule has 0 N–H and O–H groups in total. The van der Waals surface area contributed by atoms with Crippen molar-refractivity contribution in [2.75, 3.05) is 6.54 Å². The summed E-state index contributed by atoms with van der Waals surface area (Å²) in [4.78, 5) is 7.18. The number of benzene rings is 1. The van der Waals surface area contributed by atoms with E-state index in [1.165, 1.54) is 31.4 Å². The van der Waals surface area contributed by atoms with Gasteiger partial charge in [0.15, 0.2) is 0 Å². The van der Waals surface area contributed by atoms with Gasteiger partial charge in [-0.05, 0) is 39.2 Å². The summed E-state index contributed by atoms with van der Waals surface area (Å²) in [6, 6.07) is 9.37. The topological polar surface area (TPSA) is 42.2 Å². The van der Waals surface area contributed by atoms with Gasteiger partial charge in [-0.3, -0.25) is 4.90 Å². The molecule has 1 saturated carbocycles.